The number of carbonyl (C=O) groups excluding carboxylic acids is 1. The Morgan fingerprint density at radius 1 is 0.600 bits per heavy atom. The van der Waals surface area contributed by atoms with Gasteiger partial charge in [-0.05, 0) is 19.3 Å². The average molecular weight is 526 g/mol. The summed E-state index contributed by atoms with van der Waals surface area (Å²) in [5.41, 5.74) is 0. The second kappa shape index (κ2) is 27.4. The summed E-state index contributed by atoms with van der Waals surface area (Å²) in [6, 6.07) is 0. The monoisotopic (exact) mass is 525 g/mol. The van der Waals surface area contributed by atoms with Gasteiger partial charge in [-0.1, -0.05) is 129 Å². The Hall–Kier alpha value is 0.380. The second-order valence-electron chi connectivity index (χ2n) is 10.3. The van der Waals surface area contributed by atoms with E-state index in [0.717, 1.165) is 12.8 Å². The molecule has 0 aromatic rings. The summed E-state index contributed by atoms with van der Waals surface area (Å²) >= 11 is 0. The predicted molar refractivity (Wildman–Crippen MR) is 144 cm³/mol. The standard InChI is InChI=1S/C28H57NO4S.Na/c1-3-4-5-6-7-8-9-10-11-12-13-14-15-16-17-18-19-20-21-22-25-28(30)29(2)26-23-24-27-34(31,32)33;/h3-27H2,1-2H3,(H,31,32,33);/q;+1/p-1. The van der Waals surface area contributed by atoms with Gasteiger partial charge in [0.05, 0.1) is 10.1 Å². The number of carbonyl (C=O) groups is 1. The topological polar surface area (TPSA) is 77.5 Å². The van der Waals surface area contributed by atoms with Crippen LogP contribution in [0.1, 0.15) is 155 Å². The third kappa shape index (κ3) is 30.5. The number of amides is 1. The molecular formula is C28H56NNaO4S. The SMILES string of the molecule is CCCCCCCCCCCCCCCCCCCCCCC(=O)N(C)CCCCS(=O)(=O)[O-].[Na+]. The second-order valence-corrected chi connectivity index (χ2v) is 11.8. The van der Waals surface area contributed by atoms with E-state index in [9.17, 15) is 17.8 Å². The van der Waals surface area contributed by atoms with Crippen LogP contribution in [0.4, 0.5) is 0 Å². The molecule has 0 saturated carbocycles. The van der Waals surface area contributed by atoms with Crippen LogP contribution < -0.4 is 29.6 Å². The van der Waals surface area contributed by atoms with Crippen LogP contribution in [-0.2, 0) is 14.9 Å². The molecule has 0 radical (unpaired) electrons. The quantitative estimate of drug-likeness (QED) is 0.0906. The molecule has 0 heterocycles. The van der Waals surface area contributed by atoms with Gasteiger partial charge in [0.2, 0.25) is 5.91 Å². The number of unbranched alkanes of at least 4 members (excludes halogenated alkanes) is 20. The zero-order valence-electron chi connectivity index (χ0n) is 23.7. The fourth-order valence-electron chi connectivity index (χ4n) is 4.47. The summed E-state index contributed by atoms with van der Waals surface area (Å²) in [6.45, 7) is 2.80. The Labute approximate surface area is 241 Å². The summed E-state index contributed by atoms with van der Waals surface area (Å²) in [7, 11) is -2.38. The first-order valence-corrected chi connectivity index (χ1v) is 16.1. The third-order valence-electron chi connectivity index (χ3n) is 6.81. The minimum absolute atomic E-state index is 0. The van der Waals surface area contributed by atoms with E-state index in [-0.39, 0.29) is 41.2 Å². The van der Waals surface area contributed by atoms with E-state index < -0.39 is 10.1 Å². The van der Waals surface area contributed by atoms with E-state index in [0.29, 0.717) is 25.8 Å². The van der Waals surface area contributed by atoms with Crippen LogP contribution in [0.3, 0.4) is 0 Å². The summed E-state index contributed by atoms with van der Waals surface area (Å²) in [5.74, 6) is -0.221. The summed E-state index contributed by atoms with van der Waals surface area (Å²) in [6.07, 6.45) is 28.4. The van der Waals surface area contributed by atoms with Crippen molar-refractivity contribution in [2.75, 3.05) is 19.3 Å². The molecule has 0 spiro atoms. The van der Waals surface area contributed by atoms with Crippen LogP contribution in [-0.4, -0.2) is 43.1 Å². The van der Waals surface area contributed by atoms with Gasteiger partial charge in [-0.15, -0.1) is 0 Å². The normalized spacial score (nSPS) is 11.4. The maximum absolute atomic E-state index is 12.1. The Morgan fingerprint density at radius 3 is 1.29 bits per heavy atom. The smallest absolute Gasteiger partial charge is 0.748 e. The molecule has 0 atom stereocenters. The average Bonchev–Trinajstić information content (AvgIpc) is 2.79. The fourth-order valence-corrected chi connectivity index (χ4v) is 5.03. The van der Waals surface area contributed by atoms with Crippen molar-refractivity contribution in [2.45, 2.75) is 155 Å². The van der Waals surface area contributed by atoms with Gasteiger partial charge in [-0.3, -0.25) is 4.79 Å². The molecule has 0 aromatic heterocycles. The summed E-state index contributed by atoms with van der Waals surface area (Å²) in [5, 5.41) is 0. The van der Waals surface area contributed by atoms with Gasteiger partial charge in [0, 0.05) is 25.8 Å². The molecule has 7 heteroatoms. The van der Waals surface area contributed by atoms with Crippen molar-refractivity contribution in [1.29, 1.82) is 0 Å². The van der Waals surface area contributed by atoms with E-state index in [1.54, 1.807) is 11.9 Å². The van der Waals surface area contributed by atoms with E-state index in [2.05, 4.69) is 6.92 Å². The first-order valence-electron chi connectivity index (χ1n) is 14.5. The molecule has 0 saturated heterocycles. The van der Waals surface area contributed by atoms with E-state index in [1.807, 2.05) is 0 Å². The van der Waals surface area contributed by atoms with Gasteiger partial charge in [0.1, 0.15) is 0 Å². The zero-order chi connectivity index (χ0) is 25.3. The Morgan fingerprint density at radius 2 is 0.943 bits per heavy atom. The molecule has 0 aliphatic carbocycles. The van der Waals surface area contributed by atoms with Gasteiger partial charge in [-0.2, -0.15) is 0 Å². The molecule has 204 valence electrons. The molecule has 0 N–H and O–H groups in total. The molecular weight excluding hydrogens is 469 g/mol. The first kappa shape index (κ1) is 37.5. The van der Waals surface area contributed by atoms with Gasteiger partial charge in [0.15, 0.2) is 0 Å². The molecule has 0 aliphatic rings. The first-order chi connectivity index (χ1) is 16.4. The van der Waals surface area contributed by atoms with Crippen LogP contribution in [0.2, 0.25) is 0 Å². The van der Waals surface area contributed by atoms with Gasteiger partial charge in [0.25, 0.3) is 0 Å². The Kier molecular flexibility index (Phi) is 29.4. The zero-order valence-corrected chi connectivity index (χ0v) is 26.5. The summed E-state index contributed by atoms with van der Waals surface area (Å²) in [4.78, 5) is 13.7. The van der Waals surface area contributed by atoms with Gasteiger partial charge >= 0.3 is 29.6 Å². The minimum atomic E-state index is -4.14. The molecule has 0 rings (SSSR count). The van der Waals surface area contributed by atoms with Crippen molar-refractivity contribution in [1.82, 2.24) is 4.90 Å². The van der Waals surface area contributed by atoms with Gasteiger partial charge < -0.3 is 9.45 Å². The maximum Gasteiger partial charge on any atom is 1.00 e. The molecule has 5 nitrogen and oxygen atoms in total. The van der Waals surface area contributed by atoms with Crippen LogP contribution in [0.15, 0.2) is 0 Å². The largest absolute Gasteiger partial charge is 1.00 e. The van der Waals surface area contributed by atoms with Crippen molar-refractivity contribution in [2.24, 2.45) is 0 Å². The fraction of sp³-hybridized carbons (Fsp3) is 0.964. The Balaban J connectivity index is 0. The maximum atomic E-state index is 12.1. The molecule has 0 bridgehead atoms. The molecule has 0 unspecified atom stereocenters. The van der Waals surface area contributed by atoms with Crippen molar-refractivity contribution >= 4 is 16.0 Å². The van der Waals surface area contributed by atoms with Crippen LogP contribution in [0.5, 0.6) is 0 Å². The van der Waals surface area contributed by atoms with E-state index in [1.165, 1.54) is 116 Å². The third-order valence-corrected chi connectivity index (χ3v) is 7.60. The van der Waals surface area contributed by atoms with Crippen LogP contribution >= 0.6 is 0 Å². The van der Waals surface area contributed by atoms with Crippen molar-refractivity contribution in [3.05, 3.63) is 0 Å². The van der Waals surface area contributed by atoms with E-state index >= 15 is 0 Å². The van der Waals surface area contributed by atoms with Crippen LogP contribution in [0, 0.1) is 0 Å². The predicted octanol–water partition coefficient (Wildman–Crippen LogP) is 4.99. The van der Waals surface area contributed by atoms with Crippen molar-refractivity contribution in [3.8, 4) is 0 Å². The number of hydrogen-bond acceptors (Lipinski definition) is 4. The molecule has 0 aromatic carbocycles. The number of rotatable bonds is 26. The minimum Gasteiger partial charge on any atom is -0.748 e. The molecule has 1 amide bonds. The van der Waals surface area contributed by atoms with Gasteiger partial charge in [-0.25, -0.2) is 8.42 Å². The van der Waals surface area contributed by atoms with Crippen molar-refractivity contribution < 1.29 is 47.3 Å². The Bertz CT molecular complexity index is 557. The van der Waals surface area contributed by atoms with Crippen molar-refractivity contribution in [3.63, 3.8) is 0 Å². The summed E-state index contributed by atoms with van der Waals surface area (Å²) < 4.78 is 31.7. The number of hydrogen-bond donors (Lipinski definition) is 0. The molecule has 0 aliphatic heterocycles. The molecule has 0 fully saturated rings. The number of nitrogens with zero attached hydrogens (tertiary/aromatic N) is 1. The van der Waals surface area contributed by atoms with E-state index in [4.69, 9.17) is 0 Å². The molecule has 35 heavy (non-hydrogen) atoms. The van der Waals surface area contributed by atoms with Crippen LogP contribution in [0.25, 0.3) is 0 Å².